The average Bonchev–Trinajstić information content (AvgIpc) is 4.16. The van der Waals surface area contributed by atoms with E-state index >= 15 is 0 Å². The van der Waals surface area contributed by atoms with Crippen LogP contribution < -0.4 is 4.57 Å². The monoisotopic (exact) mass is 991 g/mol. The molecule has 0 atom stereocenters. The maximum absolute atomic E-state index is 5.55. The van der Waals surface area contributed by atoms with Crippen LogP contribution in [-0.2, 0) is 23.4 Å². The van der Waals surface area contributed by atoms with Crippen LogP contribution in [0, 0.1) is 61.7 Å². The summed E-state index contributed by atoms with van der Waals surface area (Å²) in [5, 5.41) is 0. The van der Waals surface area contributed by atoms with E-state index in [0.29, 0.717) is 0 Å². The van der Waals surface area contributed by atoms with Crippen molar-refractivity contribution in [1.82, 2.24) is 9.55 Å². The molecule has 3 aliphatic rings. The molecule has 0 N–H and O–H groups in total. The van der Waals surface area contributed by atoms with Gasteiger partial charge in [-0.1, -0.05) is 203 Å². The molecule has 0 unspecified atom stereocenters. The number of fused-ring (bicyclic) bond motifs is 9. The summed E-state index contributed by atoms with van der Waals surface area (Å²) in [6, 6.07) is 73.1. The third kappa shape index (κ3) is 6.50. The highest BCUT2D eigenvalue weighted by Gasteiger charge is 2.53. The number of rotatable bonds is 7. The van der Waals surface area contributed by atoms with E-state index in [1.165, 1.54) is 145 Å². The molecule has 3 nitrogen and oxygen atoms in total. The van der Waals surface area contributed by atoms with Crippen molar-refractivity contribution in [2.45, 2.75) is 71.8 Å². The molecule has 3 heteroatoms. The molecule has 3 aliphatic carbocycles. The Bertz CT molecular complexity index is 4120. The Morgan fingerprint density at radius 1 is 0.390 bits per heavy atom. The first-order valence-corrected chi connectivity index (χ1v) is 27.2. The van der Waals surface area contributed by atoms with Crippen molar-refractivity contribution in [3.05, 3.63) is 319 Å². The van der Waals surface area contributed by atoms with E-state index in [-0.39, 0.29) is 0 Å². The molecule has 11 aromatic rings. The first-order chi connectivity index (χ1) is 37.3. The lowest BCUT2D eigenvalue weighted by molar-refractivity contribution is -0.675. The molecule has 0 spiro atoms. The molecule has 2 heterocycles. The largest absolute Gasteiger partial charge is 0.354 e. The van der Waals surface area contributed by atoms with Crippen LogP contribution in [0.3, 0.4) is 0 Å². The number of aromatic nitrogens is 3. The van der Waals surface area contributed by atoms with Gasteiger partial charge in [-0.3, -0.25) is 4.98 Å². The normalized spacial score (nSPS) is 14.6. The summed E-state index contributed by atoms with van der Waals surface area (Å²) >= 11 is 0. The highest BCUT2D eigenvalue weighted by molar-refractivity contribution is 5.90. The molecular weight excluding hydrogens is 931 g/mol. The summed E-state index contributed by atoms with van der Waals surface area (Å²) < 4.78 is 4.40. The van der Waals surface area contributed by atoms with Gasteiger partial charge in [0, 0.05) is 22.9 Å². The van der Waals surface area contributed by atoms with Crippen LogP contribution in [0.25, 0.3) is 44.5 Å². The van der Waals surface area contributed by atoms with Gasteiger partial charge in [-0.05, 0) is 181 Å². The Kier molecular flexibility index (Phi) is 10.3. The Balaban J connectivity index is 1.11. The van der Waals surface area contributed by atoms with Crippen LogP contribution in [0.15, 0.2) is 207 Å². The fourth-order valence-corrected chi connectivity index (χ4v) is 14.5. The predicted molar refractivity (Wildman–Crippen MR) is 314 cm³/mol. The summed E-state index contributed by atoms with van der Waals surface area (Å²) in [5.41, 5.74) is 31.1. The van der Waals surface area contributed by atoms with Crippen molar-refractivity contribution >= 4 is 0 Å². The van der Waals surface area contributed by atoms with Crippen molar-refractivity contribution < 1.29 is 4.57 Å². The fourth-order valence-electron chi connectivity index (χ4n) is 14.5. The minimum atomic E-state index is -0.769. The first-order valence-electron chi connectivity index (χ1n) is 27.2. The highest BCUT2D eigenvalue weighted by atomic mass is 15.2. The van der Waals surface area contributed by atoms with E-state index < -0.39 is 16.4 Å². The number of aryl methyl sites for hydroxylation is 9. The van der Waals surface area contributed by atoms with Gasteiger partial charge >= 0.3 is 0 Å². The second-order valence-corrected chi connectivity index (χ2v) is 22.7. The number of hydrogen-bond donors (Lipinski definition) is 0. The standard InChI is InChI=1S/C74H61N3/c1-45-19-25-58-59-26-20-46(2)36-65(59)72(64(58)35-45,55-16-12-18-57(43-55)74(77-34-33-76(9)44-77)68-39-49(5)23-29-62(68)63-30-24-50(6)40-69(63)74)54-15-11-17-56(42-54)73(70-41-53(31-32-75-70)71-51(7)13-10-14-52(71)8)66-37-47(3)21-27-60(66)61-28-22-48(4)38-67(61)73/h10-43H,1-9H3. The molecule has 9 aromatic carbocycles. The number of nitrogens with zero attached hydrogens (tertiary/aromatic N) is 3. The van der Waals surface area contributed by atoms with Crippen molar-refractivity contribution in [1.29, 1.82) is 0 Å². The quantitative estimate of drug-likeness (QED) is 0.115. The molecule has 0 saturated carbocycles. The Hall–Kier alpha value is -8.66. The molecule has 14 rings (SSSR count). The highest BCUT2D eigenvalue weighted by Crippen LogP contribution is 2.61. The summed E-state index contributed by atoms with van der Waals surface area (Å²) in [7, 11) is 2.08. The SMILES string of the molecule is Cc1ccc2c(c1)C(c1cccc(C3(c4cc(-c5c(C)cccc5C)ccn4)c4cc(C)ccc4-c4ccc(C)cc43)c1)(c1cccc(C3(n4[c-][n+](C)cc4)c4cc(C)ccc4-c4ccc(C)cc43)c1)c1cc(C)ccc1-2. The van der Waals surface area contributed by atoms with E-state index in [4.69, 9.17) is 4.98 Å². The minimum Gasteiger partial charge on any atom is -0.354 e. The van der Waals surface area contributed by atoms with Crippen LogP contribution >= 0.6 is 0 Å². The van der Waals surface area contributed by atoms with E-state index in [9.17, 15) is 0 Å². The van der Waals surface area contributed by atoms with E-state index in [1.807, 2.05) is 6.20 Å². The molecule has 2 aromatic heterocycles. The van der Waals surface area contributed by atoms with Gasteiger partial charge in [0.25, 0.3) is 0 Å². The topological polar surface area (TPSA) is 21.7 Å². The van der Waals surface area contributed by atoms with Crippen molar-refractivity contribution in [2.75, 3.05) is 0 Å². The van der Waals surface area contributed by atoms with Crippen LogP contribution in [0.5, 0.6) is 0 Å². The Morgan fingerprint density at radius 3 is 1.21 bits per heavy atom. The number of hydrogen-bond acceptors (Lipinski definition) is 1. The lowest BCUT2D eigenvalue weighted by Gasteiger charge is -2.38. The maximum Gasteiger partial charge on any atom is 0.204 e. The van der Waals surface area contributed by atoms with Gasteiger partial charge < -0.3 is 9.13 Å². The third-order valence-electron chi connectivity index (χ3n) is 17.7. The predicted octanol–water partition coefficient (Wildman–Crippen LogP) is 16.2. The van der Waals surface area contributed by atoms with Crippen molar-refractivity contribution in [3.8, 4) is 44.5 Å². The molecular formula is C74H61N3. The smallest absolute Gasteiger partial charge is 0.204 e. The van der Waals surface area contributed by atoms with Gasteiger partial charge in [0.05, 0.1) is 23.6 Å². The lowest BCUT2D eigenvalue weighted by Crippen LogP contribution is -2.38. The zero-order valence-corrected chi connectivity index (χ0v) is 45.5. The lowest BCUT2D eigenvalue weighted by atomic mass is 9.64. The van der Waals surface area contributed by atoms with Crippen LogP contribution in [0.2, 0.25) is 0 Å². The van der Waals surface area contributed by atoms with Gasteiger partial charge in [0.2, 0.25) is 6.33 Å². The molecule has 77 heavy (non-hydrogen) atoms. The van der Waals surface area contributed by atoms with Gasteiger partial charge in [0.15, 0.2) is 5.54 Å². The second-order valence-electron chi connectivity index (χ2n) is 22.7. The summed E-state index contributed by atoms with van der Waals surface area (Å²) in [5.74, 6) is 0. The number of benzene rings is 9. The van der Waals surface area contributed by atoms with E-state index in [0.717, 1.165) is 5.69 Å². The third-order valence-corrected chi connectivity index (χ3v) is 17.7. The molecule has 372 valence electrons. The minimum absolute atomic E-state index is 0.727. The first kappa shape index (κ1) is 46.8. The van der Waals surface area contributed by atoms with Gasteiger partial charge in [-0.25, -0.2) is 0 Å². The van der Waals surface area contributed by atoms with Crippen molar-refractivity contribution in [3.63, 3.8) is 0 Å². The van der Waals surface area contributed by atoms with Crippen molar-refractivity contribution in [2.24, 2.45) is 7.05 Å². The van der Waals surface area contributed by atoms with Crippen LogP contribution in [-0.4, -0.2) is 9.55 Å². The average molecular weight is 992 g/mol. The van der Waals surface area contributed by atoms with Gasteiger partial charge in [-0.15, -0.1) is 0 Å². The molecule has 0 radical (unpaired) electrons. The summed E-state index contributed by atoms with van der Waals surface area (Å²) in [4.78, 5) is 5.55. The van der Waals surface area contributed by atoms with Gasteiger partial charge in [-0.2, -0.15) is 0 Å². The Morgan fingerprint density at radius 2 is 0.766 bits per heavy atom. The molecule has 0 fully saturated rings. The molecule has 0 bridgehead atoms. The second kappa shape index (κ2) is 16.9. The summed E-state index contributed by atoms with van der Waals surface area (Å²) in [6.45, 7) is 17.9. The zero-order chi connectivity index (χ0) is 52.7. The summed E-state index contributed by atoms with van der Waals surface area (Å²) in [6.07, 6.45) is 10.2. The van der Waals surface area contributed by atoms with E-state index in [2.05, 4.69) is 278 Å². The van der Waals surface area contributed by atoms with Gasteiger partial charge in [0.1, 0.15) is 0 Å². The number of imidazole rings is 1. The fraction of sp³-hybridized carbons (Fsp3) is 0.162. The Labute approximate surface area is 453 Å². The number of pyridine rings is 1. The molecule has 0 aliphatic heterocycles. The molecule has 0 saturated heterocycles. The molecule has 0 amide bonds. The van der Waals surface area contributed by atoms with Crippen LogP contribution in [0.1, 0.15) is 106 Å². The maximum atomic E-state index is 5.55. The zero-order valence-electron chi connectivity index (χ0n) is 45.5. The van der Waals surface area contributed by atoms with E-state index in [1.54, 1.807) is 0 Å². The van der Waals surface area contributed by atoms with Crippen LogP contribution in [0.4, 0.5) is 0 Å².